The van der Waals surface area contributed by atoms with Crippen LogP contribution in [0.15, 0.2) is 10.7 Å². The highest BCUT2D eigenvalue weighted by molar-refractivity contribution is 8.02. The van der Waals surface area contributed by atoms with Gasteiger partial charge < -0.3 is 4.90 Å². The summed E-state index contributed by atoms with van der Waals surface area (Å²) in [4.78, 5) is 14.2. The molecule has 0 aromatic carbocycles. The van der Waals surface area contributed by atoms with E-state index in [0.717, 1.165) is 11.7 Å². The quantitative estimate of drug-likeness (QED) is 0.486. The molecular formula is C7H13N3O2S. The first-order valence-electron chi connectivity index (χ1n) is 3.87. The maximum Gasteiger partial charge on any atom is 0.289 e. The molecule has 0 unspecified atom stereocenters. The van der Waals surface area contributed by atoms with Gasteiger partial charge in [0.2, 0.25) is 0 Å². The summed E-state index contributed by atoms with van der Waals surface area (Å²) in [6.45, 7) is 1.17. The molecule has 1 aliphatic heterocycles. The number of nitrogens with zero attached hydrogens (tertiary/aromatic N) is 3. The van der Waals surface area contributed by atoms with Gasteiger partial charge in [-0.2, -0.15) is 0 Å². The highest BCUT2D eigenvalue weighted by Crippen LogP contribution is 2.24. The van der Waals surface area contributed by atoms with Gasteiger partial charge in [0.25, 0.3) is 5.70 Å². The summed E-state index contributed by atoms with van der Waals surface area (Å²) in [5.74, 6) is 0. The molecule has 0 saturated carbocycles. The standard InChI is InChI=1S/C7H13N3O2S/c1-8-4-6(10(11)12)7(13-3)9(2)5-8/h4-5H2,1-3H3. The Labute approximate surface area is 81.5 Å². The smallest absolute Gasteiger partial charge is 0.289 e. The normalized spacial score (nSPS) is 19.5. The van der Waals surface area contributed by atoms with Crippen LogP contribution in [0.1, 0.15) is 0 Å². The second-order valence-electron chi connectivity index (χ2n) is 3.07. The first-order valence-corrected chi connectivity index (χ1v) is 5.10. The molecule has 1 aliphatic rings. The van der Waals surface area contributed by atoms with E-state index in [1.807, 2.05) is 30.2 Å². The third kappa shape index (κ3) is 2.13. The maximum absolute atomic E-state index is 10.7. The minimum absolute atomic E-state index is 0.294. The fraction of sp³-hybridized carbons (Fsp3) is 0.714. The molecule has 13 heavy (non-hydrogen) atoms. The third-order valence-corrected chi connectivity index (χ3v) is 2.81. The fourth-order valence-electron chi connectivity index (χ4n) is 1.43. The van der Waals surface area contributed by atoms with Crippen LogP contribution in [0.2, 0.25) is 0 Å². The summed E-state index contributed by atoms with van der Waals surface area (Å²) in [6.07, 6.45) is 1.86. The van der Waals surface area contributed by atoms with E-state index < -0.39 is 0 Å². The van der Waals surface area contributed by atoms with E-state index in [-0.39, 0.29) is 4.92 Å². The van der Waals surface area contributed by atoms with Gasteiger partial charge >= 0.3 is 0 Å². The number of hydrogen-bond acceptors (Lipinski definition) is 5. The van der Waals surface area contributed by atoms with Crippen LogP contribution in [-0.2, 0) is 0 Å². The molecule has 0 bridgehead atoms. The minimum atomic E-state index is -0.294. The molecule has 0 N–H and O–H groups in total. The average Bonchev–Trinajstić information content (AvgIpc) is 2.02. The number of likely N-dealkylation sites (N-methyl/N-ethyl adjacent to an activating group) is 1. The predicted molar refractivity (Wildman–Crippen MR) is 52.8 cm³/mol. The van der Waals surface area contributed by atoms with E-state index in [4.69, 9.17) is 0 Å². The van der Waals surface area contributed by atoms with Crippen molar-refractivity contribution in [1.82, 2.24) is 9.80 Å². The summed E-state index contributed by atoms with van der Waals surface area (Å²) in [7, 11) is 3.74. The highest BCUT2D eigenvalue weighted by atomic mass is 32.2. The van der Waals surface area contributed by atoms with Crippen LogP contribution >= 0.6 is 11.8 Å². The van der Waals surface area contributed by atoms with Gasteiger partial charge in [-0.1, -0.05) is 0 Å². The number of rotatable bonds is 2. The number of hydrogen-bond donors (Lipinski definition) is 0. The maximum atomic E-state index is 10.7. The Hall–Kier alpha value is -0.750. The SMILES string of the molecule is CSC1=C([N+](=O)[O-])CN(C)CN1C. The van der Waals surface area contributed by atoms with Gasteiger partial charge in [0.05, 0.1) is 18.1 Å². The van der Waals surface area contributed by atoms with Crippen LogP contribution in [0.4, 0.5) is 0 Å². The lowest BCUT2D eigenvalue weighted by atomic mass is 10.4. The zero-order valence-electron chi connectivity index (χ0n) is 7.98. The molecule has 0 radical (unpaired) electrons. The van der Waals surface area contributed by atoms with Gasteiger partial charge in [-0.15, -0.1) is 11.8 Å². The Morgan fingerprint density at radius 2 is 2.15 bits per heavy atom. The lowest BCUT2D eigenvalue weighted by molar-refractivity contribution is -0.431. The molecule has 74 valence electrons. The van der Waals surface area contributed by atoms with Gasteiger partial charge in [0.15, 0.2) is 0 Å². The van der Waals surface area contributed by atoms with Crippen molar-refractivity contribution in [3.8, 4) is 0 Å². The van der Waals surface area contributed by atoms with Crippen LogP contribution in [-0.4, -0.2) is 48.3 Å². The molecular weight excluding hydrogens is 190 g/mol. The minimum Gasteiger partial charge on any atom is -0.351 e. The van der Waals surface area contributed by atoms with E-state index in [2.05, 4.69) is 0 Å². The molecule has 0 spiro atoms. The van der Waals surface area contributed by atoms with Crippen LogP contribution in [0.25, 0.3) is 0 Å². The molecule has 5 nitrogen and oxygen atoms in total. The molecule has 0 saturated heterocycles. The Balaban J connectivity index is 2.98. The molecule has 0 aliphatic carbocycles. The first kappa shape index (κ1) is 10.3. The summed E-state index contributed by atoms with van der Waals surface area (Å²) >= 11 is 1.43. The molecule has 0 fully saturated rings. The summed E-state index contributed by atoms with van der Waals surface area (Å²) in [5, 5.41) is 11.5. The molecule has 1 rings (SSSR count). The first-order chi connectivity index (χ1) is 6.06. The number of nitro groups is 1. The zero-order chi connectivity index (χ0) is 10.0. The van der Waals surface area contributed by atoms with Crippen molar-refractivity contribution in [3.63, 3.8) is 0 Å². The highest BCUT2D eigenvalue weighted by Gasteiger charge is 2.28. The third-order valence-electron chi connectivity index (χ3n) is 1.88. The second kappa shape index (κ2) is 3.97. The van der Waals surface area contributed by atoms with Crippen LogP contribution in [0.3, 0.4) is 0 Å². The Morgan fingerprint density at radius 3 is 2.62 bits per heavy atom. The molecule has 6 heteroatoms. The fourth-order valence-corrected chi connectivity index (χ4v) is 2.17. The van der Waals surface area contributed by atoms with Crippen molar-refractivity contribution in [3.05, 3.63) is 20.8 Å². The van der Waals surface area contributed by atoms with Crippen LogP contribution in [0.5, 0.6) is 0 Å². The number of thioether (sulfide) groups is 1. The molecule has 0 aromatic rings. The average molecular weight is 203 g/mol. The van der Waals surface area contributed by atoms with Gasteiger partial charge in [-0.05, 0) is 13.3 Å². The van der Waals surface area contributed by atoms with Gasteiger partial charge in [0, 0.05) is 7.05 Å². The zero-order valence-corrected chi connectivity index (χ0v) is 8.80. The van der Waals surface area contributed by atoms with E-state index >= 15 is 0 Å². The molecule has 0 atom stereocenters. The topological polar surface area (TPSA) is 49.6 Å². The lowest BCUT2D eigenvalue weighted by Crippen LogP contribution is -2.40. The largest absolute Gasteiger partial charge is 0.351 e. The summed E-state index contributed by atoms with van der Waals surface area (Å²) < 4.78 is 0. The molecule has 1 heterocycles. The van der Waals surface area contributed by atoms with E-state index in [0.29, 0.717) is 12.2 Å². The monoisotopic (exact) mass is 203 g/mol. The Bertz CT molecular complexity index is 254. The van der Waals surface area contributed by atoms with Gasteiger partial charge in [0.1, 0.15) is 5.03 Å². The van der Waals surface area contributed by atoms with Gasteiger partial charge in [-0.25, -0.2) is 0 Å². The Morgan fingerprint density at radius 1 is 1.54 bits per heavy atom. The lowest BCUT2D eigenvalue weighted by Gasteiger charge is -2.31. The van der Waals surface area contributed by atoms with Crippen molar-refractivity contribution >= 4 is 11.8 Å². The Kier molecular flexibility index (Phi) is 3.16. The van der Waals surface area contributed by atoms with E-state index in [9.17, 15) is 10.1 Å². The molecule has 0 aromatic heterocycles. The second-order valence-corrected chi connectivity index (χ2v) is 3.86. The van der Waals surface area contributed by atoms with E-state index in [1.165, 1.54) is 11.8 Å². The molecule has 0 amide bonds. The van der Waals surface area contributed by atoms with Crippen molar-refractivity contribution < 1.29 is 4.92 Å². The summed E-state index contributed by atoms with van der Waals surface area (Å²) in [6, 6.07) is 0. The van der Waals surface area contributed by atoms with Crippen LogP contribution in [0, 0.1) is 10.1 Å². The van der Waals surface area contributed by atoms with Gasteiger partial charge in [-0.3, -0.25) is 15.0 Å². The summed E-state index contributed by atoms with van der Waals surface area (Å²) in [5.41, 5.74) is 0.295. The van der Waals surface area contributed by atoms with Crippen molar-refractivity contribution in [1.29, 1.82) is 0 Å². The predicted octanol–water partition coefficient (Wildman–Crippen LogP) is 0.630. The van der Waals surface area contributed by atoms with Crippen LogP contribution < -0.4 is 0 Å². The van der Waals surface area contributed by atoms with Crippen molar-refractivity contribution in [2.45, 2.75) is 0 Å². The van der Waals surface area contributed by atoms with Crippen molar-refractivity contribution in [2.24, 2.45) is 0 Å². The van der Waals surface area contributed by atoms with Crippen molar-refractivity contribution in [2.75, 3.05) is 33.6 Å². The van der Waals surface area contributed by atoms with E-state index in [1.54, 1.807) is 0 Å².